The molecule has 0 saturated heterocycles. The summed E-state index contributed by atoms with van der Waals surface area (Å²) in [6, 6.07) is 8.90. The monoisotopic (exact) mass is 386 g/mol. The molecule has 0 N–H and O–H groups in total. The van der Waals surface area contributed by atoms with E-state index in [1.54, 1.807) is 0 Å². The van der Waals surface area contributed by atoms with E-state index in [1.165, 1.54) is 44.8 Å². The Hall–Kier alpha value is -1.77. The van der Waals surface area contributed by atoms with Crippen molar-refractivity contribution in [3.8, 4) is 0 Å². The molecule has 25 heavy (non-hydrogen) atoms. The van der Waals surface area contributed by atoms with Crippen LogP contribution in [0, 0.1) is 48.2 Å². The fourth-order valence-electron chi connectivity index (χ4n) is 3.67. The molecule has 0 unspecified atom stereocenters. The van der Waals surface area contributed by atoms with Crippen LogP contribution in [-0.4, -0.2) is 0 Å². The number of anilines is 2. The van der Waals surface area contributed by atoms with Crippen molar-refractivity contribution in [2.45, 2.75) is 41.5 Å². The van der Waals surface area contributed by atoms with Crippen molar-refractivity contribution in [2.24, 2.45) is 0 Å². The maximum atomic E-state index is 9.06. The van der Waals surface area contributed by atoms with E-state index in [-0.39, 0.29) is 0 Å². The Morgan fingerprint density at radius 1 is 0.640 bits per heavy atom. The van der Waals surface area contributed by atoms with Crippen LogP contribution in [0.25, 0.3) is 0 Å². The second-order valence-electron chi connectivity index (χ2n) is 6.63. The van der Waals surface area contributed by atoms with Gasteiger partial charge in [0.2, 0.25) is 6.67 Å². The van der Waals surface area contributed by atoms with Gasteiger partial charge in [0.1, 0.15) is 0 Å². The van der Waals surface area contributed by atoms with Gasteiger partial charge in [0.15, 0.2) is 0 Å². The summed E-state index contributed by atoms with van der Waals surface area (Å²) in [6.07, 6.45) is 4.17. The number of halogens is 1. The molecular formula is C21H24CuFN2. The molecule has 136 valence electrons. The molecule has 0 fully saturated rings. The van der Waals surface area contributed by atoms with Gasteiger partial charge in [-0.15, -0.1) is 0 Å². The Bertz CT molecular complexity index is 687. The van der Waals surface area contributed by atoms with Crippen LogP contribution in [-0.2, 0) is 16.5 Å². The zero-order valence-electron chi connectivity index (χ0n) is 15.5. The number of hydrogen-bond donors (Lipinski definition) is 0. The summed E-state index contributed by atoms with van der Waals surface area (Å²) < 4.78 is 9.06. The molecule has 1 heterocycles. The maximum absolute atomic E-state index is 9.06. The van der Waals surface area contributed by atoms with Gasteiger partial charge in [-0.3, -0.25) is 0 Å². The van der Waals surface area contributed by atoms with E-state index in [9.17, 15) is 0 Å². The predicted octanol–water partition coefficient (Wildman–Crippen LogP) is 5.75. The molecule has 0 aromatic heterocycles. The molecule has 0 saturated carbocycles. The van der Waals surface area contributed by atoms with Crippen molar-refractivity contribution >= 4 is 11.4 Å². The first-order valence-electron chi connectivity index (χ1n) is 8.17. The molecule has 3 rings (SSSR count). The molecule has 1 aliphatic heterocycles. The van der Waals surface area contributed by atoms with Crippen LogP contribution >= 0.6 is 0 Å². The molecule has 0 bridgehead atoms. The van der Waals surface area contributed by atoms with Crippen LogP contribution in [0.15, 0.2) is 36.7 Å². The normalized spacial score (nSPS) is 13.2. The van der Waals surface area contributed by atoms with E-state index >= 15 is 0 Å². The van der Waals surface area contributed by atoms with Gasteiger partial charge in [0.25, 0.3) is 0 Å². The molecule has 1 aliphatic rings. The van der Waals surface area contributed by atoms with Gasteiger partial charge in [0, 0.05) is 23.8 Å². The second kappa shape index (κ2) is 8.07. The van der Waals surface area contributed by atoms with Gasteiger partial charge in [-0.05, 0) is 63.8 Å². The Balaban J connectivity index is 0.00000109. The number of hydrogen-bond acceptors (Lipinski definition) is 2. The molecule has 0 aliphatic carbocycles. The third kappa shape index (κ3) is 4.08. The summed E-state index contributed by atoms with van der Waals surface area (Å²) in [5.41, 5.74) is 10.1. The standard InChI is InChI=1S/C21H24N2.Cu.FH/c1-14-9-16(3)20(17(4)10-14)22-7-8-23(13-22)21-18(5)11-15(2)12-19(21)6;;/h7-12H,1-6H3;;1H/q;+1;/p-1. The minimum absolute atomic E-state index is 1.22. The van der Waals surface area contributed by atoms with E-state index in [4.69, 9.17) is 3.55 Å². The van der Waals surface area contributed by atoms with Gasteiger partial charge in [-0.1, -0.05) is 35.4 Å². The Morgan fingerprint density at radius 3 is 1.20 bits per heavy atom. The fraction of sp³-hybridized carbons (Fsp3) is 0.286. The first kappa shape index (κ1) is 19.6. The average molecular weight is 387 g/mol. The summed E-state index contributed by atoms with van der Waals surface area (Å²) in [7, 11) is 0. The molecule has 0 atom stereocenters. The molecular weight excluding hydrogens is 363 g/mol. The fourth-order valence-corrected chi connectivity index (χ4v) is 3.67. The SMILES string of the molecule is Cc1cc(C)c(N2[C]N(c3c(C)cc(C)cc3C)C=C2)c(C)c1.[F][Cu]. The van der Waals surface area contributed by atoms with E-state index in [0.29, 0.717) is 0 Å². The van der Waals surface area contributed by atoms with Crippen molar-refractivity contribution in [3.05, 3.63) is 76.7 Å². The van der Waals surface area contributed by atoms with Crippen molar-refractivity contribution < 1.29 is 20.0 Å². The summed E-state index contributed by atoms with van der Waals surface area (Å²) in [6.45, 7) is 16.4. The van der Waals surface area contributed by atoms with Crippen molar-refractivity contribution in [3.63, 3.8) is 0 Å². The van der Waals surface area contributed by atoms with Crippen molar-refractivity contribution in [1.82, 2.24) is 0 Å². The van der Waals surface area contributed by atoms with Gasteiger partial charge >= 0.3 is 20.0 Å². The Labute approximate surface area is 159 Å². The number of benzene rings is 2. The summed E-state index contributed by atoms with van der Waals surface area (Å²) in [5.74, 6) is 0. The molecule has 2 radical (unpaired) electrons. The van der Waals surface area contributed by atoms with Gasteiger partial charge in [-0.25, -0.2) is 0 Å². The summed E-state index contributed by atoms with van der Waals surface area (Å²) in [4.78, 5) is 4.20. The van der Waals surface area contributed by atoms with Crippen LogP contribution in [0.2, 0.25) is 0 Å². The first-order chi connectivity index (χ1) is 11.9. The van der Waals surface area contributed by atoms with E-state index in [1.807, 2.05) is 0 Å². The van der Waals surface area contributed by atoms with Crippen molar-refractivity contribution in [1.29, 1.82) is 0 Å². The quantitative estimate of drug-likeness (QED) is 0.606. The Morgan fingerprint density at radius 2 is 0.920 bits per heavy atom. The number of rotatable bonds is 2. The van der Waals surface area contributed by atoms with Gasteiger partial charge < -0.3 is 9.80 Å². The average Bonchev–Trinajstić information content (AvgIpc) is 2.96. The van der Waals surface area contributed by atoms with E-state index in [0.717, 1.165) is 0 Å². The third-order valence-electron chi connectivity index (χ3n) is 4.33. The number of aryl methyl sites for hydroxylation is 6. The van der Waals surface area contributed by atoms with Crippen molar-refractivity contribution in [2.75, 3.05) is 9.80 Å². The molecule has 2 aromatic carbocycles. The Kier molecular flexibility index (Phi) is 6.31. The van der Waals surface area contributed by atoms with Gasteiger partial charge in [-0.2, -0.15) is 0 Å². The zero-order chi connectivity index (χ0) is 18.7. The first-order valence-corrected chi connectivity index (χ1v) is 8.52. The molecule has 2 nitrogen and oxygen atoms in total. The third-order valence-corrected chi connectivity index (χ3v) is 4.33. The zero-order valence-corrected chi connectivity index (χ0v) is 16.5. The minimum atomic E-state index is 1.22. The van der Waals surface area contributed by atoms with Crippen LogP contribution in [0.5, 0.6) is 0 Å². The van der Waals surface area contributed by atoms with E-state index in [2.05, 4.69) is 111 Å². The predicted molar refractivity (Wildman–Crippen MR) is 99.8 cm³/mol. The van der Waals surface area contributed by atoms with Gasteiger partial charge in [0.05, 0.1) is 0 Å². The molecule has 0 spiro atoms. The van der Waals surface area contributed by atoms with E-state index < -0.39 is 0 Å². The van der Waals surface area contributed by atoms with Crippen LogP contribution in [0.1, 0.15) is 33.4 Å². The number of nitrogens with zero attached hydrogens (tertiary/aromatic N) is 2. The second-order valence-corrected chi connectivity index (χ2v) is 6.63. The van der Waals surface area contributed by atoms with Crippen LogP contribution < -0.4 is 9.80 Å². The van der Waals surface area contributed by atoms with Crippen LogP contribution in [0.3, 0.4) is 0 Å². The van der Waals surface area contributed by atoms with Crippen LogP contribution in [0.4, 0.5) is 14.9 Å². The molecule has 4 heteroatoms. The topological polar surface area (TPSA) is 6.48 Å². The summed E-state index contributed by atoms with van der Waals surface area (Å²) in [5, 5.41) is 0. The molecule has 0 amide bonds. The summed E-state index contributed by atoms with van der Waals surface area (Å²) >= 11 is 2.69. The molecule has 2 aromatic rings.